The van der Waals surface area contributed by atoms with Crippen molar-refractivity contribution in [1.82, 2.24) is 0 Å². The number of ether oxygens (including phenoxy) is 2. The molecule has 0 bridgehead atoms. The summed E-state index contributed by atoms with van der Waals surface area (Å²) in [5.41, 5.74) is 0.197. The third-order valence-corrected chi connectivity index (χ3v) is 3.67. The molecule has 1 saturated heterocycles. The molecule has 0 aliphatic carbocycles. The predicted molar refractivity (Wildman–Crippen MR) is 83.0 cm³/mol. The van der Waals surface area contributed by atoms with Gasteiger partial charge in [0.25, 0.3) is 0 Å². The van der Waals surface area contributed by atoms with Crippen molar-refractivity contribution >= 4 is 5.78 Å². The third kappa shape index (κ3) is 8.24. The van der Waals surface area contributed by atoms with Gasteiger partial charge in [0, 0.05) is 19.4 Å². The molecular weight excluding hydrogens is 286 g/mol. The van der Waals surface area contributed by atoms with E-state index < -0.39 is 0 Å². The number of ketones is 1. The quantitative estimate of drug-likeness (QED) is 0.454. The molecule has 1 heterocycles. The smallest absolute Gasteiger partial charge is 0.242 e. The van der Waals surface area contributed by atoms with Crippen molar-refractivity contribution in [1.29, 1.82) is 0 Å². The molecule has 1 fully saturated rings. The molecule has 0 aromatic carbocycles. The number of hydrogen-bond acceptors (Lipinski definition) is 5. The van der Waals surface area contributed by atoms with Gasteiger partial charge in [-0.2, -0.15) is 0 Å². The second kappa shape index (κ2) is 10.5. The van der Waals surface area contributed by atoms with Gasteiger partial charge in [0.2, 0.25) is 5.70 Å². The summed E-state index contributed by atoms with van der Waals surface area (Å²) in [7, 11) is 0. The summed E-state index contributed by atoms with van der Waals surface area (Å²) in [4.78, 5) is 21.5. The normalized spacial score (nSPS) is 20.6. The van der Waals surface area contributed by atoms with Gasteiger partial charge in [-0.1, -0.05) is 0 Å². The fourth-order valence-corrected chi connectivity index (χ4v) is 2.42. The van der Waals surface area contributed by atoms with Crippen molar-refractivity contribution in [3.63, 3.8) is 0 Å². The molecule has 2 atom stereocenters. The molecule has 6 nitrogen and oxygen atoms in total. The standard InChI is InChI=1S/C16H27NO5/c1-13(18)7-5-9-15(17(19)20)10-6-8-14(2)22-16-11-3-4-12-21-16/h10,14,16H,3-9,11-12H2,1-2H3/b15-10+. The van der Waals surface area contributed by atoms with Gasteiger partial charge in [-0.25, -0.2) is 0 Å². The predicted octanol–water partition coefficient (Wildman–Crippen LogP) is 3.62. The molecule has 0 spiro atoms. The van der Waals surface area contributed by atoms with Crippen LogP contribution in [0.4, 0.5) is 0 Å². The first-order chi connectivity index (χ1) is 10.5. The second-order valence-electron chi connectivity index (χ2n) is 5.83. The molecule has 1 rings (SSSR count). The van der Waals surface area contributed by atoms with Gasteiger partial charge in [0.05, 0.1) is 11.0 Å². The van der Waals surface area contributed by atoms with Crippen molar-refractivity contribution in [3.8, 4) is 0 Å². The molecule has 22 heavy (non-hydrogen) atoms. The van der Waals surface area contributed by atoms with Crippen molar-refractivity contribution in [2.75, 3.05) is 6.61 Å². The summed E-state index contributed by atoms with van der Waals surface area (Å²) in [5.74, 6) is 0.0669. The number of carbonyl (C=O) groups is 1. The largest absolute Gasteiger partial charge is 0.353 e. The Bertz CT molecular complexity index is 388. The van der Waals surface area contributed by atoms with Crippen LogP contribution in [0.2, 0.25) is 0 Å². The molecule has 0 amide bonds. The molecule has 2 unspecified atom stereocenters. The Morgan fingerprint density at radius 2 is 2.23 bits per heavy atom. The number of nitrogens with zero attached hydrogens (tertiary/aromatic N) is 1. The van der Waals surface area contributed by atoms with E-state index in [0.29, 0.717) is 25.7 Å². The van der Waals surface area contributed by atoms with Crippen LogP contribution in [0, 0.1) is 10.1 Å². The molecule has 1 aliphatic heterocycles. The van der Waals surface area contributed by atoms with Crippen LogP contribution in [0.1, 0.15) is 65.2 Å². The molecule has 126 valence electrons. The number of allylic oxidation sites excluding steroid dienone is 2. The fourth-order valence-electron chi connectivity index (χ4n) is 2.42. The van der Waals surface area contributed by atoms with Gasteiger partial charge >= 0.3 is 0 Å². The Morgan fingerprint density at radius 1 is 1.45 bits per heavy atom. The van der Waals surface area contributed by atoms with Crippen molar-refractivity contribution in [3.05, 3.63) is 21.9 Å². The minimum Gasteiger partial charge on any atom is -0.353 e. The highest BCUT2D eigenvalue weighted by atomic mass is 16.7. The van der Waals surface area contributed by atoms with Gasteiger partial charge in [0.1, 0.15) is 5.78 Å². The molecule has 0 aromatic rings. The second-order valence-corrected chi connectivity index (χ2v) is 5.83. The first-order valence-corrected chi connectivity index (χ1v) is 8.09. The highest BCUT2D eigenvalue weighted by molar-refractivity contribution is 5.75. The molecule has 0 N–H and O–H groups in total. The molecule has 0 aromatic heterocycles. The van der Waals surface area contributed by atoms with E-state index >= 15 is 0 Å². The molecule has 6 heteroatoms. The monoisotopic (exact) mass is 313 g/mol. The van der Waals surface area contributed by atoms with E-state index in [9.17, 15) is 14.9 Å². The number of Topliss-reactive ketones (excluding diaryl/α,β-unsaturated/α-hetero) is 1. The average Bonchev–Trinajstić information content (AvgIpc) is 2.46. The summed E-state index contributed by atoms with van der Waals surface area (Å²) < 4.78 is 11.3. The van der Waals surface area contributed by atoms with Crippen molar-refractivity contribution in [2.45, 2.75) is 77.6 Å². The summed E-state index contributed by atoms with van der Waals surface area (Å²) in [6.07, 6.45) is 7.27. The fraction of sp³-hybridized carbons (Fsp3) is 0.812. The maximum atomic E-state index is 11.0. The Balaban J connectivity index is 2.29. The number of rotatable bonds is 10. The Kier molecular flexibility index (Phi) is 8.92. The van der Waals surface area contributed by atoms with Gasteiger partial charge in [-0.05, 0) is 58.4 Å². The minimum absolute atomic E-state index is 0.0181. The summed E-state index contributed by atoms with van der Waals surface area (Å²) >= 11 is 0. The summed E-state index contributed by atoms with van der Waals surface area (Å²) in [6.45, 7) is 4.22. The minimum atomic E-state index is -0.351. The van der Waals surface area contributed by atoms with Crippen LogP contribution in [0.3, 0.4) is 0 Å². The van der Waals surface area contributed by atoms with Crippen molar-refractivity contribution < 1.29 is 19.2 Å². The van der Waals surface area contributed by atoms with Gasteiger partial charge in [0.15, 0.2) is 6.29 Å². The van der Waals surface area contributed by atoms with Gasteiger partial charge in [-0.3, -0.25) is 10.1 Å². The molecule has 0 radical (unpaired) electrons. The third-order valence-electron chi connectivity index (χ3n) is 3.67. The maximum Gasteiger partial charge on any atom is 0.242 e. The van der Waals surface area contributed by atoms with E-state index in [1.54, 1.807) is 6.08 Å². The van der Waals surface area contributed by atoms with Gasteiger partial charge < -0.3 is 14.3 Å². The lowest BCUT2D eigenvalue weighted by Crippen LogP contribution is -2.26. The van der Waals surface area contributed by atoms with E-state index in [2.05, 4.69) is 0 Å². The van der Waals surface area contributed by atoms with Gasteiger partial charge in [-0.15, -0.1) is 0 Å². The Hall–Kier alpha value is -1.27. The van der Waals surface area contributed by atoms with Crippen LogP contribution < -0.4 is 0 Å². The van der Waals surface area contributed by atoms with Crippen LogP contribution in [0.15, 0.2) is 11.8 Å². The number of nitro groups is 1. The highest BCUT2D eigenvalue weighted by Gasteiger charge is 2.17. The molecular formula is C16H27NO5. The van der Waals surface area contributed by atoms with Crippen molar-refractivity contribution in [2.24, 2.45) is 0 Å². The maximum absolute atomic E-state index is 11.0. The lowest BCUT2D eigenvalue weighted by molar-refractivity contribution is -0.428. The Labute approximate surface area is 132 Å². The SMILES string of the molecule is CC(=O)CCC/C(=C\CCC(C)OC1CCCCO1)[N+](=O)[O-]. The van der Waals surface area contributed by atoms with E-state index in [0.717, 1.165) is 32.3 Å². The first kappa shape index (κ1) is 18.8. The molecule has 0 saturated carbocycles. The first-order valence-electron chi connectivity index (χ1n) is 8.09. The zero-order valence-corrected chi connectivity index (χ0v) is 13.6. The number of carbonyl (C=O) groups excluding carboxylic acids is 1. The lowest BCUT2D eigenvalue weighted by atomic mass is 10.1. The van der Waals surface area contributed by atoms with E-state index in [4.69, 9.17) is 9.47 Å². The van der Waals surface area contributed by atoms with E-state index in [1.165, 1.54) is 6.92 Å². The zero-order valence-electron chi connectivity index (χ0n) is 13.6. The summed E-state index contributed by atoms with van der Waals surface area (Å²) in [6, 6.07) is 0. The van der Waals surface area contributed by atoms with Crippen LogP contribution in [0.5, 0.6) is 0 Å². The van der Waals surface area contributed by atoms with Crippen LogP contribution in [-0.4, -0.2) is 29.7 Å². The number of hydrogen-bond donors (Lipinski definition) is 0. The van der Waals surface area contributed by atoms with Crippen LogP contribution >= 0.6 is 0 Å². The highest BCUT2D eigenvalue weighted by Crippen LogP contribution is 2.18. The topological polar surface area (TPSA) is 78.7 Å². The van der Waals surface area contributed by atoms with E-state index in [1.807, 2.05) is 6.92 Å². The lowest BCUT2D eigenvalue weighted by Gasteiger charge is -2.25. The Morgan fingerprint density at radius 3 is 2.82 bits per heavy atom. The van der Waals surface area contributed by atoms with Crippen LogP contribution in [-0.2, 0) is 14.3 Å². The molecule has 1 aliphatic rings. The zero-order chi connectivity index (χ0) is 16.4. The summed E-state index contributed by atoms with van der Waals surface area (Å²) in [5, 5.41) is 11.0. The van der Waals surface area contributed by atoms with E-state index in [-0.39, 0.29) is 28.8 Å². The van der Waals surface area contributed by atoms with Crippen LogP contribution in [0.25, 0.3) is 0 Å². The average molecular weight is 313 g/mol.